The molecular weight excluding hydrogens is 246 g/mol. The number of hydrogen-bond donors (Lipinski definition) is 3. The molecule has 0 aromatic heterocycles. The Hall–Kier alpha value is -2.24. The Balaban J connectivity index is 2.66. The predicted octanol–water partition coefficient (Wildman–Crippen LogP) is 0.993. The van der Waals surface area contributed by atoms with Crippen LogP contribution in [0.1, 0.15) is 24.2 Å². The van der Waals surface area contributed by atoms with E-state index in [9.17, 15) is 9.59 Å². The molecule has 1 amide bonds. The minimum absolute atomic E-state index is 0.0879. The monoisotopic (exact) mass is 265 g/mol. The Morgan fingerprint density at radius 2 is 2.05 bits per heavy atom. The molecule has 0 aliphatic heterocycles. The number of amides is 1. The van der Waals surface area contributed by atoms with Crippen LogP contribution in [0.25, 0.3) is 0 Å². The van der Waals surface area contributed by atoms with E-state index >= 15 is 0 Å². The molecule has 0 spiro atoms. The van der Waals surface area contributed by atoms with Gasteiger partial charge in [0.2, 0.25) is 5.91 Å². The zero-order valence-electron chi connectivity index (χ0n) is 11.2. The van der Waals surface area contributed by atoms with E-state index in [-0.39, 0.29) is 5.91 Å². The van der Waals surface area contributed by atoms with Crippen LogP contribution in [0.3, 0.4) is 0 Å². The first-order chi connectivity index (χ1) is 9.06. The average Bonchev–Trinajstić information content (AvgIpc) is 2.36. The predicted molar refractivity (Wildman–Crippen MR) is 74.0 cm³/mol. The van der Waals surface area contributed by atoms with Crippen LogP contribution in [-0.4, -0.2) is 31.6 Å². The largest absolute Gasteiger partial charge is 0.462 e. The van der Waals surface area contributed by atoms with Crippen LogP contribution in [0.5, 0.6) is 0 Å². The van der Waals surface area contributed by atoms with Crippen molar-refractivity contribution in [3.05, 3.63) is 23.8 Å². The highest BCUT2D eigenvalue weighted by Crippen LogP contribution is 2.23. The van der Waals surface area contributed by atoms with Gasteiger partial charge in [-0.2, -0.15) is 0 Å². The number of nitrogens with one attached hydrogen (secondary N) is 2. The lowest BCUT2D eigenvalue weighted by molar-refractivity contribution is -0.118. The minimum Gasteiger partial charge on any atom is -0.462 e. The van der Waals surface area contributed by atoms with Crippen LogP contribution in [0, 0.1) is 0 Å². The van der Waals surface area contributed by atoms with E-state index in [1.54, 1.807) is 25.1 Å². The van der Waals surface area contributed by atoms with E-state index in [1.165, 1.54) is 6.92 Å². The first-order valence-electron chi connectivity index (χ1n) is 6.10. The van der Waals surface area contributed by atoms with Crippen LogP contribution in [0.2, 0.25) is 0 Å². The van der Waals surface area contributed by atoms with Crippen molar-refractivity contribution in [1.29, 1.82) is 0 Å². The summed E-state index contributed by atoms with van der Waals surface area (Å²) in [5.74, 6) is -0.527. The van der Waals surface area contributed by atoms with Gasteiger partial charge in [-0.15, -0.1) is 0 Å². The van der Waals surface area contributed by atoms with Gasteiger partial charge in [-0.1, -0.05) is 6.07 Å². The van der Waals surface area contributed by atoms with Gasteiger partial charge in [0, 0.05) is 20.0 Å². The zero-order chi connectivity index (χ0) is 14.3. The summed E-state index contributed by atoms with van der Waals surface area (Å²) in [6.07, 6.45) is 0. The quantitative estimate of drug-likeness (QED) is 0.405. The van der Waals surface area contributed by atoms with Crippen molar-refractivity contribution in [2.75, 3.05) is 30.7 Å². The average molecular weight is 265 g/mol. The Kier molecular flexibility index (Phi) is 5.66. The minimum atomic E-state index is -0.439. The SMILES string of the molecule is CCOC(=O)c1cccc(NCCNC(C)=O)c1N. The maximum absolute atomic E-state index is 11.7. The summed E-state index contributed by atoms with van der Waals surface area (Å²) >= 11 is 0. The van der Waals surface area contributed by atoms with Crippen LogP contribution in [-0.2, 0) is 9.53 Å². The van der Waals surface area contributed by atoms with E-state index in [4.69, 9.17) is 10.5 Å². The number of nitrogen functional groups attached to an aromatic ring is 1. The van der Waals surface area contributed by atoms with Crippen molar-refractivity contribution in [2.24, 2.45) is 0 Å². The molecule has 4 N–H and O–H groups in total. The molecule has 0 bridgehead atoms. The van der Waals surface area contributed by atoms with E-state index in [0.717, 1.165) is 0 Å². The maximum atomic E-state index is 11.7. The molecule has 1 rings (SSSR count). The van der Waals surface area contributed by atoms with Crippen molar-refractivity contribution in [3.8, 4) is 0 Å². The number of ether oxygens (including phenoxy) is 1. The van der Waals surface area contributed by atoms with Gasteiger partial charge >= 0.3 is 5.97 Å². The molecule has 0 saturated heterocycles. The van der Waals surface area contributed by atoms with Gasteiger partial charge in [0.25, 0.3) is 0 Å². The number of nitrogens with two attached hydrogens (primary N) is 1. The lowest BCUT2D eigenvalue weighted by Gasteiger charge is -2.12. The summed E-state index contributed by atoms with van der Waals surface area (Å²) in [5, 5.41) is 5.72. The van der Waals surface area contributed by atoms with Crippen molar-refractivity contribution < 1.29 is 14.3 Å². The molecular formula is C13H19N3O3. The van der Waals surface area contributed by atoms with Crippen LogP contribution in [0.4, 0.5) is 11.4 Å². The summed E-state index contributed by atoms with van der Waals surface area (Å²) in [6.45, 7) is 4.51. The van der Waals surface area contributed by atoms with Crippen molar-refractivity contribution >= 4 is 23.3 Å². The zero-order valence-corrected chi connectivity index (χ0v) is 11.2. The Labute approximate surface area is 112 Å². The van der Waals surface area contributed by atoms with Gasteiger partial charge in [-0.05, 0) is 19.1 Å². The molecule has 0 unspecified atom stereocenters. The molecule has 6 nitrogen and oxygen atoms in total. The second-order valence-corrected chi connectivity index (χ2v) is 3.90. The lowest BCUT2D eigenvalue weighted by Crippen LogP contribution is -2.26. The molecule has 0 saturated carbocycles. The normalized spacial score (nSPS) is 9.79. The highest BCUT2D eigenvalue weighted by Gasteiger charge is 2.12. The van der Waals surface area contributed by atoms with Crippen LogP contribution in [0.15, 0.2) is 18.2 Å². The number of esters is 1. The van der Waals surface area contributed by atoms with Crippen molar-refractivity contribution in [3.63, 3.8) is 0 Å². The first-order valence-corrected chi connectivity index (χ1v) is 6.10. The highest BCUT2D eigenvalue weighted by atomic mass is 16.5. The molecule has 1 aromatic carbocycles. The van der Waals surface area contributed by atoms with Crippen LogP contribution >= 0.6 is 0 Å². The topological polar surface area (TPSA) is 93.5 Å². The number of rotatable bonds is 6. The maximum Gasteiger partial charge on any atom is 0.340 e. The van der Waals surface area contributed by atoms with Gasteiger partial charge in [-0.25, -0.2) is 4.79 Å². The fourth-order valence-corrected chi connectivity index (χ4v) is 1.54. The fourth-order valence-electron chi connectivity index (χ4n) is 1.54. The summed E-state index contributed by atoms with van der Waals surface area (Å²) in [4.78, 5) is 22.4. The van der Waals surface area contributed by atoms with E-state index in [0.29, 0.717) is 36.6 Å². The summed E-state index contributed by atoms with van der Waals surface area (Å²) in [5.41, 5.74) is 7.24. The van der Waals surface area contributed by atoms with E-state index in [1.807, 2.05) is 0 Å². The van der Waals surface area contributed by atoms with Crippen molar-refractivity contribution in [2.45, 2.75) is 13.8 Å². The smallest absolute Gasteiger partial charge is 0.340 e. The van der Waals surface area contributed by atoms with Gasteiger partial charge in [0.1, 0.15) is 0 Å². The third-order valence-corrected chi connectivity index (χ3v) is 2.42. The molecule has 104 valence electrons. The number of carbonyl (C=O) groups excluding carboxylic acids is 2. The van der Waals surface area contributed by atoms with Gasteiger partial charge in [0.15, 0.2) is 0 Å². The molecule has 0 fully saturated rings. The van der Waals surface area contributed by atoms with Crippen LogP contribution < -0.4 is 16.4 Å². The third kappa shape index (κ3) is 4.50. The van der Waals surface area contributed by atoms with E-state index < -0.39 is 5.97 Å². The molecule has 0 radical (unpaired) electrons. The van der Waals surface area contributed by atoms with Gasteiger partial charge in [-0.3, -0.25) is 4.79 Å². The summed E-state index contributed by atoms with van der Waals surface area (Å²) < 4.78 is 4.92. The summed E-state index contributed by atoms with van der Waals surface area (Å²) in [7, 11) is 0. The summed E-state index contributed by atoms with van der Waals surface area (Å²) in [6, 6.07) is 5.11. The molecule has 0 heterocycles. The lowest BCUT2D eigenvalue weighted by atomic mass is 10.1. The Morgan fingerprint density at radius 3 is 2.68 bits per heavy atom. The molecule has 0 aliphatic rings. The number of anilines is 2. The molecule has 19 heavy (non-hydrogen) atoms. The standard InChI is InChI=1S/C13H19N3O3/c1-3-19-13(18)10-5-4-6-11(12(10)14)16-8-7-15-9(2)17/h4-6,16H,3,7-8,14H2,1-2H3,(H,15,17). The number of carbonyl (C=O) groups is 2. The third-order valence-electron chi connectivity index (χ3n) is 2.42. The Morgan fingerprint density at radius 1 is 1.32 bits per heavy atom. The number of para-hydroxylation sites is 1. The van der Waals surface area contributed by atoms with Crippen molar-refractivity contribution in [1.82, 2.24) is 5.32 Å². The van der Waals surface area contributed by atoms with Gasteiger partial charge < -0.3 is 21.1 Å². The molecule has 0 atom stereocenters. The molecule has 0 aliphatic carbocycles. The fraction of sp³-hybridized carbons (Fsp3) is 0.385. The molecule has 1 aromatic rings. The first kappa shape index (κ1) is 14.8. The number of benzene rings is 1. The Bertz CT molecular complexity index is 460. The molecule has 6 heteroatoms. The second-order valence-electron chi connectivity index (χ2n) is 3.90. The van der Waals surface area contributed by atoms with Gasteiger partial charge in [0.05, 0.1) is 23.5 Å². The van der Waals surface area contributed by atoms with E-state index in [2.05, 4.69) is 10.6 Å². The second kappa shape index (κ2) is 7.25. The highest BCUT2D eigenvalue weighted by molar-refractivity contribution is 5.98. The number of hydrogen-bond acceptors (Lipinski definition) is 5.